The van der Waals surface area contributed by atoms with Gasteiger partial charge in [-0.15, -0.1) is 0 Å². The quantitative estimate of drug-likeness (QED) is 0.0729. The molecule has 0 aliphatic carbocycles. The van der Waals surface area contributed by atoms with Gasteiger partial charge in [0.1, 0.15) is 5.75 Å². The second-order valence-corrected chi connectivity index (χ2v) is 12.6. The Hall–Kier alpha value is -4.76. The fourth-order valence-corrected chi connectivity index (χ4v) is 5.59. The number of nitrogen functional groups attached to an aromatic ring is 1. The van der Waals surface area contributed by atoms with Gasteiger partial charge in [0.15, 0.2) is 6.29 Å². The van der Waals surface area contributed by atoms with Crippen molar-refractivity contribution in [3.63, 3.8) is 0 Å². The molecule has 2 aliphatic rings. The minimum atomic E-state index is -0.581. The number of hydrogen-bond acceptors (Lipinski definition) is 11. The number of anilines is 3. The van der Waals surface area contributed by atoms with Crippen molar-refractivity contribution in [1.29, 1.82) is 0 Å². The Bertz CT molecular complexity index is 1560. The van der Waals surface area contributed by atoms with Crippen LogP contribution >= 0.6 is 0 Å². The summed E-state index contributed by atoms with van der Waals surface area (Å²) in [5, 5.41) is 24.8. The largest absolute Gasteiger partial charge is 0.465 e. The molecule has 2 saturated heterocycles. The van der Waals surface area contributed by atoms with E-state index in [1.54, 1.807) is 35.9 Å². The van der Waals surface area contributed by atoms with E-state index in [4.69, 9.17) is 19.9 Å². The number of amides is 2. The molecule has 3 aromatic rings. The average Bonchev–Trinajstić information content (AvgIpc) is 3.50. The number of nitrogens with two attached hydrogens (primary N) is 1. The Morgan fingerprint density at radius 3 is 2.52 bits per heavy atom. The fourth-order valence-electron chi connectivity index (χ4n) is 5.59. The van der Waals surface area contributed by atoms with Crippen LogP contribution < -0.4 is 21.1 Å². The zero-order valence-electron chi connectivity index (χ0n) is 30.6. The van der Waals surface area contributed by atoms with Crippen LogP contribution in [-0.2, 0) is 26.1 Å². The summed E-state index contributed by atoms with van der Waals surface area (Å²) in [6, 6.07) is 14.9. The highest BCUT2D eigenvalue weighted by atomic mass is 16.7. The first-order valence-corrected chi connectivity index (χ1v) is 17.5. The van der Waals surface area contributed by atoms with E-state index in [9.17, 15) is 24.6 Å². The molecule has 2 aliphatic heterocycles. The minimum Gasteiger partial charge on any atom is -0.465 e. The number of aromatic nitrogens is 1. The van der Waals surface area contributed by atoms with Crippen LogP contribution in [0.2, 0.25) is 0 Å². The Balaban J connectivity index is 0.000000245. The van der Waals surface area contributed by atoms with Gasteiger partial charge in [0.05, 0.1) is 41.9 Å². The molecule has 14 nitrogen and oxygen atoms in total. The number of aldehydes is 1. The summed E-state index contributed by atoms with van der Waals surface area (Å²) >= 11 is 0. The number of aliphatic hydroxyl groups excluding tert-OH is 2. The maximum atomic E-state index is 11.4. The first-order valence-electron chi connectivity index (χ1n) is 17.5. The third kappa shape index (κ3) is 14.1. The molecule has 1 aromatic heterocycles. The van der Waals surface area contributed by atoms with Crippen molar-refractivity contribution in [3.8, 4) is 5.75 Å². The Kier molecular flexibility index (Phi) is 17.8. The number of nitrogens with zero attached hydrogens (tertiary/aromatic N) is 3. The lowest BCUT2D eigenvalue weighted by molar-refractivity contribution is -0.184. The number of methoxy groups -OCH3 is 1. The van der Waals surface area contributed by atoms with Gasteiger partial charge in [-0.2, -0.15) is 0 Å². The van der Waals surface area contributed by atoms with E-state index in [1.807, 2.05) is 62.7 Å². The average molecular weight is 723 g/mol. The van der Waals surface area contributed by atoms with Gasteiger partial charge in [-0.25, -0.2) is 0 Å². The molecule has 0 bridgehead atoms. The zero-order valence-corrected chi connectivity index (χ0v) is 30.6. The third-order valence-electron chi connectivity index (χ3n) is 8.50. The number of benzene rings is 2. The second kappa shape index (κ2) is 22.2. The van der Waals surface area contributed by atoms with Gasteiger partial charge in [-0.05, 0) is 86.7 Å². The third-order valence-corrected chi connectivity index (χ3v) is 8.50. The molecule has 3 heterocycles. The lowest BCUT2D eigenvalue weighted by Gasteiger charge is -2.32. The molecule has 4 unspecified atom stereocenters. The number of nitrogens with one attached hydrogen (secondary N) is 2. The van der Waals surface area contributed by atoms with E-state index in [2.05, 4.69) is 15.6 Å². The van der Waals surface area contributed by atoms with E-state index < -0.39 is 18.5 Å². The molecular weight excluding hydrogens is 668 g/mol. The Morgan fingerprint density at radius 1 is 1.12 bits per heavy atom. The monoisotopic (exact) mass is 722 g/mol. The molecule has 52 heavy (non-hydrogen) atoms. The highest BCUT2D eigenvalue weighted by Crippen LogP contribution is 2.28. The van der Waals surface area contributed by atoms with E-state index >= 15 is 0 Å². The maximum absolute atomic E-state index is 11.4. The standard InChI is InChI=1S/C20H28N2O5.C11H16N2O3.C7H10N2/c1-14-8-17(26-20-10-16(25)9-18(12-23)27-20)5-6-19(14)21-11-15-4-2-3-7-22(15)13-24;1-13-7-9(6-10(13)8-14)12-11(15)4-3-5-16-2;1-9-7-4-2-6(8)3-5-7/h5-6,8,11,13,15-16,18,20,23,25H,2-4,7,9-10,12H2,1H3;6-8H,3-5H2,1-2H3,(H,12,15);2-5,9H,8H2,1H3. The van der Waals surface area contributed by atoms with Crippen molar-refractivity contribution in [2.24, 2.45) is 12.0 Å². The van der Waals surface area contributed by atoms with Gasteiger partial charge >= 0.3 is 0 Å². The predicted molar refractivity (Wildman–Crippen MR) is 202 cm³/mol. The fraction of sp³-hybridized carbons (Fsp3) is 0.474. The topological polar surface area (TPSA) is 190 Å². The smallest absolute Gasteiger partial charge is 0.224 e. The summed E-state index contributed by atoms with van der Waals surface area (Å²) in [6.45, 7) is 3.17. The number of aliphatic hydroxyl groups is 2. The normalized spacial score (nSPS) is 19.8. The molecule has 2 aromatic carbocycles. The highest BCUT2D eigenvalue weighted by molar-refractivity contribution is 5.91. The van der Waals surface area contributed by atoms with Crippen LogP contribution in [0.4, 0.5) is 22.7 Å². The number of carbonyl (C=O) groups excluding carboxylic acids is 3. The molecule has 284 valence electrons. The van der Waals surface area contributed by atoms with Crippen molar-refractivity contribution < 1.29 is 38.8 Å². The van der Waals surface area contributed by atoms with Crippen LogP contribution in [0.25, 0.3) is 0 Å². The van der Waals surface area contributed by atoms with Gasteiger partial charge in [0.25, 0.3) is 0 Å². The number of piperidine rings is 1. The van der Waals surface area contributed by atoms with E-state index in [0.717, 1.165) is 61.1 Å². The van der Waals surface area contributed by atoms with Crippen LogP contribution in [0.3, 0.4) is 0 Å². The summed E-state index contributed by atoms with van der Waals surface area (Å²) < 4.78 is 18.0. The Morgan fingerprint density at radius 2 is 1.88 bits per heavy atom. The number of ether oxygens (including phenoxy) is 3. The van der Waals surface area contributed by atoms with E-state index in [1.165, 1.54) is 0 Å². The van der Waals surface area contributed by atoms with E-state index in [-0.39, 0.29) is 18.6 Å². The summed E-state index contributed by atoms with van der Waals surface area (Å²) in [4.78, 5) is 39.5. The summed E-state index contributed by atoms with van der Waals surface area (Å²) in [7, 11) is 5.24. The lowest BCUT2D eigenvalue weighted by Crippen LogP contribution is -2.40. The molecule has 0 radical (unpaired) electrons. The second-order valence-electron chi connectivity index (χ2n) is 12.6. The van der Waals surface area contributed by atoms with Gasteiger partial charge in [0.2, 0.25) is 18.6 Å². The van der Waals surface area contributed by atoms with Crippen LogP contribution in [0, 0.1) is 6.92 Å². The maximum Gasteiger partial charge on any atom is 0.224 e. The number of aryl methyl sites for hydroxylation is 2. The first kappa shape index (κ1) is 41.7. The molecule has 2 amide bonds. The molecule has 5 rings (SSSR count). The van der Waals surface area contributed by atoms with Crippen molar-refractivity contribution in [2.75, 3.05) is 50.3 Å². The van der Waals surface area contributed by atoms with Crippen LogP contribution in [0.15, 0.2) is 59.7 Å². The zero-order chi connectivity index (χ0) is 37.9. The van der Waals surface area contributed by atoms with Gasteiger partial charge < -0.3 is 50.3 Å². The molecule has 0 saturated carbocycles. The van der Waals surface area contributed by atoms with Crippen molar-refractivity contribution in [1.82, 2.24) is 9.47 Å². The molecule has 14 heteroatoms. The molecule has 0 spiro atoms. The number of hydrogen-bond donors (Lipinski definition) is 5. The number of likely N-dealkylation sites (tertiary alicyclic amines) is 1. The Labute approximate surface area is 306 Å². The predicted octanol–water partition coefficient (Wildman–Crippen LogP) is 4.46. The molecular formula is C38H54N6O8. The SMILES string of the molecule is CNc1ccc(N)cc1.COCCCC(=O)Nc1cc(C=O)n(C)c1.Cc1cc(OC2CC(O)CC(CO)O2)ccc1N=CC1CCCCN1C=O. The molecule has 6 N–H and O–H groups in total. The van der Waals surface area contributed by atoms with Crippen molar-refractivity contribution >= 4 is 47.6 Å². The van der Waals surface area contributed by atoms with Crippen LogP contribution in [0.1, 0.15) is 61.0 Å². The lowest BCUT2D eigenvalue weighted by atomic mass is 10.0. The number of carbonyl (C=O) groups is 3. The van der Waals surface area contributed by atoms with Gasteiger partial charge in [-0.1, -0.05) is 0 Å². The molecule has 4 atom stereocenters. The minimum absolute atomic E-state index is 0.0547. The number of aliphatic imine (C=N–C) groups is 1. The summed E-state index contributed by atoms with van der Waals surface area (Å²) in [6.07, 6.45) is 8.67. The van der Waals surface area contributed by atoms with Crippen molar-refractivity contribution in [2.45, 2.75) is 76.4 Å². The summed E-state index contributed by atoms with van der Waals surface area (Å²) in [5.74, 6) is 0.564. The van der Waals surface area contributed by atoms with Crippen molar-refractivity contribution in [3.05, 3.63) is 66.0 Å². The summed E-state index contributed by atoms with van der Waals surface area (Å²) in [5.41, 5.74) is 10.3. The van der Waals surface area contributed by atoms with Gasteiger partial charge in [-0.3, -0.25) is 19.4 Å². The first-order chi connectivity index (χ1) is 25.1. The molecule has 2 fully saturated rings. The van der Waals surface area contributed by atoms with E-state index in [0.29, 0.717) is 49.4 Å². The van der Waals surface area contributed by atoms with Crippen LogP contribution in [0.5, 0.6) is 5.75 Å². The number of rotatable bonds is 13. The highest BCUT2D eigenvalue weighted by Gasteiger charge is 2.29. The van der Waals surface area contributed by atoms with Gasteiger partial charge in [0, 0.05) is 77.4 Å². The van der Waals surface area contributed by atoms with Crippen LogP contribution in [-0.4, -0.2) is 103 Å².